The molecule has 3 heteroatoms. The molecule has 2 nitrogen and oxygen atoms in total. The van der Waals surface area contributed by atoms with Crippen LogP contribution in [0.4, 0.5) is 10.1 Å². The van der Waals surface area contributed by atoms with Crippen LogP contribution >= 0.6 is 0 Å². The highest BCUT2D eigenvalue weighted by Gasteiger charge is 2.07. The highest BCUT2D eigenvalue weighted by atomic mass is 19.1. The first-order valence-electron chi connectivity index (χ1n) is 6.77. The van der Waals surface area contributed by atoms with Crippen molar-refractivity contribution in [3.05, 3.63) is 24.0 Å². The van der Waals surface area contributed by atoms with E-state index in [4.69, 9.17) is 4.74 Å². The van der Waals surface area contributed by atoms with Gasteiger partial charge in [-0.25, -0.2) is 4.39 Å². The third-order valence-electron chi connectivity index (χ3n) is 3.07. The van der Waals surface area contributed by atoms with E-state index in [1.165, 1.54) is 31.7 Å². The first-order chi connectivity index (χ1) is 8.67. The fourth-order valence-electron chi connectivity index (χ4n) is 1.96. The van der Waals surface area contributed by atoms with Crippen molar-refractivity contribution in [3.8, 4) is 5.75 Å². The molecule has 1 N–H and O–H groups in total. The monoisotopic (exact) mass is 253 g/mol. The number of hydrogen-bond acceptors (Lipinski definition) is 2. The largest absolute Gasteiger partial charge is 0.497 e. The van der Waals surface area contributed by atoms with Gasteiger partial charge in [-0.15, -0.1) is 0 Å². The van der Waals surface area contributed by atoms with E-state index in [-0.39, 0.29) is 11.9 Å². The minimum atomic E-state index is -0.226. The Balaban J connectivity index is 2.45. The summed E-state index contributed by atoms with van der Waals surface area (Å²) in [5.74, 6) is 0.452. The van der Waals surface area contributed by atoms with Gasteiger partial charge in [-0.3, -0.25) is 0 Å². The lowest BCUT2D eigenvalue weighted by Crippen LogP contribution is -2.15. The molecule has 0 saturated carbocycles. The fraction of sp³-hybridized carbons (Fsp3) is 0.600. The van der Waals surface area contributed by atoms with Gasteiger partial charge in [0.1, 0.15) is 11.6 Å². The molecule has 0 saturated heterocycles. The Hall–Kier alpha value is -1.25. The summed E-state index contributed by atoms with van der Waals surface area (Å²) in [6, 6.07) is 5.05. The fourth-order valence-corrected chi connectivity index (χ4v) is 1.96. The van der Waals surface area contributed by atoms with Crippen molar-refractivity contribution in [3.63, 3.8) is 0 Å². The summed E-state index contributed by atoms with van der Waals surface area (Å²) in [5.41, 5.74) is 0.525. The number of methoxy groups -OCH3 is 1. The topological polar surface area (TPSA) is 21.3 Å². The van der Waals surface area contributed by atoms with E-state index >= 15 is 0 Å². The minimum absolute atomic E-state index is 0.226. The molecule has 0 radical (unpaired) electrons. The Kier molecular flexibility index (Phi) is 6.55. The lowest BCUT2D eigenvalue weighted by Gasteiger charge is -2.16. The molecule has 0 fully saturated rings. The zero-order chi connectivity index (χ0) is 13.4. The van der Waals surface area contributed by atoms with E-state index in [0.717, 1.165) is 6.42 Å². The van der Waals surface area contributed by atoms with Crippen LogP contribution in [0.1, 0.15) is 46.0 Å². The normalized spacial score (nSPS) is 12.2. The molecule has 0 spiro atoms. The predicted molar refractivity (Wildman–Crippen MR) is 74.8 cm³/mol. The Morgan fingerprint density at radius 1 is 1.28 bits per heavy atom. The van der Waals surface area contributed by atoms with E-state index in [0.29, 0.717) is 11.4 Å². The molecule has 0 aliphatic carbocycles. The van der Waals surface area contributed by atoms with E-state index in [2.05, 4.69) is 19.2 Å². The van der Waals surface area contributed by atoms with Crippen molar-refractivity contribution in [1.82, 2.24) is 0 Å². The Bertz CT molecular complexity index is 354. The third-order valence-corrected chi connectivity index (χ3v) is 3.07. The van der Waals surface area contributed by atoms with Crippen LogP contribution in [0, 0.1) is 5.82 Å². The standard InChI is InChI=1S/C15H24FNO/c1-4-5-6-7-8-12(2)17-15-11-13(18-3)9-10-14(15)16/h9-12,17H,4-8H2,1-3H3. The third kappa shape index (κ3) is 4.94. The lowest BCUT2D eigenvalue weighted by atomic mass is 10.1. The van der Waals surface area contributed by atoms with E-state index in [1.54, 1.807) is 19.2 Å². The summed E-state index contributed by atoms with van der Waals surface area (Å²) in [5, 5.41) is 3.21. The van der Waals surface area contributed by atoms with Crippen molar-refractivity contribution in [2.45, 2.75) is 52.0 Å². The molecule has 1 atom stereocenters. The van der Waals surface area contributed by atoms with E-state index < -0.39 is 0 Å². The lowest BCUT2D eigenvalue weighted by molar-refractivity contribution is 0.414. The number of halogens is 1. The van der Waals surface area contributed by atoms with Crippen LogP contribution in [-0.2, 0) is 0 Å². The zero-order valence-corrected chi connectivity index (χ0v) is 11.6. The smallest absolute Gasteiger partial charge is 0.146 e. The number of ether oxygens (including phenoxy) is 1. The summed E-state index contributed by atoms with van der Waals surface area (Å²) in [6.07, 6.45) is 6.03. The molecule has 1 aromatic carbocycles. The van der Waals surface area contributed by atoms with Crippen molar-refractivity contribution < 1.29 is 9.13 Å². The Labute approximate surface area is 110 Å². The van der Waals surface area contributed by atoms with E-state index in [9.17, 15) is 4.39 Å². The number of unbranched alkanes of at least 4 members (excludes halogenated alkanes) is 3. The first-order valence-corrected chi connectivity index (χ1v) is 6.77. The van der Waals surface area contributed by atoms with Gasteiger partial charge < -0.3 is 10.1 Å². The van der Waals surface area contributed by atoms with Crippen LogP contribution in [-0.4, -0.2) is 13.2 Å². The second kappa shape index (κ2) is 7.96. The van der Waals surface area contributed by atoms with Gasteiger partial charge in [-0.1, -0.05) is 32.6 Å². The number of benzene rings is 1. The molecule has 1 unspecified atom stereocenters. The molecule has 0 aromatic heterocycles. The second-order valence-corrected chi connectivity index (χ2v) is 4.74. The average molecular weight is 253 g/mol. The molecule has 0 aliphatic rings. The molecule has 0 amide bonds. The van der Waals surface area contributed by atoms with Gasteiger partial charge in [0.2, 0.25) is 0 Å². The van der Waals surface area contributed by atoms with Gasteiger partial charge in [0.25, 0.3) is 0 Å². The quantitative estimate of drug-likeness (QED) is 0.683. The number of nitrogens with one attached hydrogen (secondary N) is 1. The zero-order valence-electron chi connectivity index (χ0n) is 11.6. The minimum Gasteiger partial charge on any atom is -0.497 e. The average Bonchev–Trinajstić information content (AvgIpc) is 2.37. The van der Waals surface area contributed by atoms with Crippen molar-refractivity contribution >= 4 is 5.69 Å². The molecule has 102 valence electrons. The molecular formula is C15H24FNO. The molecule has 18 heavy (non-hydrogen) atoms. The first kappa shape index (κ1) is 14.8. The highest BCUT2D eigenvalue weighted by molar-refractivity contribution is 5.50. The maximum absolute atomic E-state index is 13.6. The summed E-state index contributed by atoms with van der Waals surface area (Å²) in [6.45, 7) is 4.29. The molecule has 0 heterocycles. The number of rotatable bonds is 8. The summed E-state index contributed by atoms with van der Waals surface area (Å²) < 4.78 is 18.7. The number of hydrogen-bond donors (Lipinski definition) is 1. The highest BCUT2D eigenvalue weighted by Crippen LogP contribution is 2.22. The van der Waals surface area contributed by atoms with Crippen molar-refractivity contribution in [1.29, 1.82) is 0 Å². The molecule has 0 bridgehead atoms. The van der Waals surface area contributed by atoms with Crippen molar-refractivity contribution in [2.75, 3.05) is 12.4 Å². The van der Waals surface area contributed by atoms with Crippen molar-refractivity contribution in [2.24, 2.45) is 0 Å². The molecule has 1 aromatic rings. The number of anilines is 1. The summed E-state index contributed by atoms with van der Waals surface area (Å²) >= 11 is 0. The SMILES string of the molecule is CCCCCCC(C)Nc1cc(OC)ccc1F. The summed E-state index contributed by atoms with van der Waals surface area (Å²) in [7, 11) is 1.59. The van der Waals surface area contributed by atoms with Gasteiger partial charge in [-0.2, -0.15) is 0 Å². The molecule has 1 rings (SSSR count). The van der Waals surface area contributed by atoms with Gasteiger partial charge in [0.15, 0.2) is 0 Å². The van der Waals surface area contributed by atoms with Crippen LogP contribution in [0.25, 0.3) is 0 Å². The van der Waals surface area contributed by atoms with Crippen LogP contribution in [0.15, 0.2) is 18.2 Å². The van der Waals surface area contributed by atoms with Crippen LogP contribution < -0.4 is 10.1 Å². The molecular weight excluding hydrogens is 229 g/mol. The Morgan fingerprint density at radius 2 is 2.06 bits per heavy atom. The van der Waals surface area contributed by atoms with Crippen LogP contribution in [0.2, 0.25) is 0 Å². The van der Waals surface area contributed by atoms with Gasteiger partial charge in [-0.05, 0) is 25.5 Å². The van der Waals surface area contributed by atoms with Gasteiger partial charge in [0, 0.05) is 12.1 Å². The Morgan fingerprint density at radius 3 is 2.72 bits per heavy atom. The van der Waals surface area contributed by atoms with E-state index in [1.807, 2.05) is 0 Å². The second-order valence-electron chi connectivity index (χ2n) is 4.74. The molecule has 0 aliphatic heterocycles. The van der Waals surface area contributed by atoms with Gasteiger partial charge in [0.05, 0.1) is 12.8 Å². The maximum atomic E-state index is 13.6. The maximum Gasteiger partial charge on any atom is 0.146 e. The van der Waals surface area contributed by atoms with Crippen LogP contribution in [0.5, 0.6) is 5.75 Å². The van der Waals surface area contributed by atoms with Gasteiger partial charge >= 0.3 is 0 Å². The van der Waals surface area contributed by atoms with Crippen LogP contribution in [0.3, 0.4) is 0 Å². The summed E-state index contributed by atoms with van der Waals surface area (Å²) in [4.78, 5) is 0. The predicted octanol–water partition coefficient (Wildman–Crippen LogP) is 4.61.